The minimum Gasteiger partial charge on any atom is -0.475 e. The first kappa shape index (κ1) is 17.7. The largest absolute Gasteiger partial charge is 0.475 e. The molecule has 7 heteroatoms. The van der Waals surface area contributed by atoms with Crippen LogP contribution in [0.5, 0.6) is 0 Å². The van der Waals surface area contributed by atoms with Gasteiger partial charge >= 0.3 is 11.9 Å². The van der Waals surface area contributed by atoms with E-state index in [0.29, 0.717) is 12.2 Å². The zero-order chi connectivity index (χ0) is 16.8. The first-order chi connectivity index (χ1) is 10.2. The molecule has 1 amide bonds. The Hall–Kier alpha value is -2.31. The fourth-order valence-electron chi connectivity index (χ4n) is 1.65. The van der Waals surface area contributed by atoms with Crippen molar-refractivity contribution in [1.29, 1.82) is 0 Å². The van der Waals surface area contributed by atoms with Gasteiger partial charge < -0.3 is 19.6 Å². The summed E-state index contributed by atoms with van der Waals surface area (Å²) in [5.41, 5.74) is -0.527. The lowest BCUT2D eigenvalue weighted by Gasteiger charge is -2.19. The minimum absolute atomic E-state index is 0.110. The summed E-state index contributed by atoms with van der Waals surface area (Å²) in [6, 6.07) is 2.82. The number of ether oxygens (including phenoxy) is 1. The second kappa shape index (κ2) is 7.63. The second-order valence-electron chi connectivity index (χ2n) is 5.79. The van der Waals surface area contributed by atoms with Gasteiger partial charge in [0.2, 0.25) is 11.7 Å². The third-order valence-corrected chi connectivity index (χ3v) is 2.54. The predicted octanol–water partition coefficient (Wildman–Crippen LogP) is 2.11. The highest BCUT2D eigenvalue weighted by atomic mass is 16.6. The molecular weight excluding hydrogens is 290 g/mol. The summed E-state index contributed by atoms with van der Waals surface area (Å²) in [7, 11) is 0. The SMILES string of the molecule is CC(C)(C)OC(=O)CCCC(=O)NCc1ccc(C(=O)O)o1. The number of carbonyl (C=O) groups excluding carboxylic acids is 2. The van der Waals surface area contributed by atoms with Crippen molar-refractivity contribution in [3.63, 3.8) is 0 Å². The van der Waals surface area contributed by atoms with Crippen molar-refractivity contribution >= 4 is 17.8 Å². The van der Waals surface area contributed by atoms with Gasteiger partial charge in [0.25, 0.3) is 0 Å². The van der Waals surface area contributed by atoms with E-state index in [4.69, 9.17) is 14.3 Å². The normalized spacial score (nSPS) is 11.0. The number of esters is 1. The van der Waals surface area contributed by atoms with Gasteiger partial charge in [0.05, 0.1) is 6.54 Å². The number of carbonyl (C=O) groups is 3. The van der Waals surface area contributed by atoms with Crippen molar-refractivity contribution in [2.75, 3.05) is 0 Å². The highest BCUT2D eigenvalue weighted by molar-refractivity contribution is 5.84. The van der Waals surface area contributed by atoms with Crippen LogP contribution in [-0.2, 0) is 20.9 Å². The molecule has 0 fully saturated rings. The fraction of sp³-hybridized carbons (Fsp3) is 0.533. The van der Waals surface area contributed by atoms with Crippen LogP contribution >= 0.6 is 0 Å². The number of rotatable bonds is 7. The quantitative estimate of drug-likeness (QED) is 0.747. The van der Waals surface area contributed by atoms with Crippen LogP contribution in [0.2, 0.25) is 0 Å². The Balaban J connectivity index is 2.23. The molecule has 0 unspecified atom stereocenters. The fourth-order valence-corrected chi connectivity index (χ4v) is 1.65. The summed E-state index contributed by atoms with van der Waals surface area (Å²) in [6.07, 6.45) is 0.750. The van der Waals surface area contributed by atoms with E-state index in [-0.39, 0.29) is 37.0 Å². The molecule has 1 rings (SSSR count). The van der Waals surface area contributed by atoms with Gasteiger partial charge in [-0.2, -0.15) is 0 Å². The maximum absolute atomic E-state index is 11.6. The molecule has 1 aromatic rings. The van der Waals surface area contributed by atoms with E-state index < -0.39 is 11.6 Å². The van der Waals surface area contributed by atoms with E-state index in [1.807, 2.05) is 0 Å². The van der Waals surface area contributed by atoms with E-state index >= 15 is 0 Å². The van der Waals surface area contributed by atoms with Crippen LogP contribution in [-0.4, -0.2) is 28.6 Å². The average molecular weight is 311 g/mol. The van der Waals surface area contributed by atoms with Crippen molar-refractivity contribution in [2.45, 2.75) is 52.2 Å². The number of aromatic carboxylic acids is 1. The summed E-state index contributed by atoms with van der Waals surface area (Å²) < 4.78 is 10.1. The van der Waals surface area contributed by atoms with Gasteiger partial charge in [-0.1, -0.05) is 0 Å². The Morgan fingerprint density at radius 2 is 1.91 bits per heavy atom. The molecule has 0 aliphatic heterocycles. The first-order valence-electron chi connectivity index (χ1n) is 6.98. The Morgan fingerprint density at radius 3 is 2.45 bits per heavy atom. The average Bonchev–Trinajstić information content (AvgIpc) is 2.83. The van der Waals surface area contributed by atoms with Crippen molar-refractivity contribution < 1.29 is 28.6 Å². The molecule has 0 saturated carbocycles. The number of hydrogen-bond donors (Lipinski definition) is 2. The molecular formula is C15H21NO6. The Kier molecular flexibility index (Phi) is 6.15. The molecule has 0 spiro atoms. The maximum Gasteiger partial charge on any atom is 0.371 e. The van der Waals surface area contributed by atoms with Gasteiger partial charge in [-0.3, -0.25) is 9.59 Å². The third kappa shape index (κ3) is 6.92. The van der Waals surface area contributed by atoms with Crippen LogP contribution in [0.15, 0.2) is 16.5 Å². The number of hydrogen-bond acceptors (Lipinski definition) is 5. The van der Waals surface area contributed by atoms with E-state index in [0.717, 1.165) is 0 Å². The van der Waals surface area contributed by atoms with Crippen LogP contribution in [0, 0.1) is 0 Å². The smallest absolute Gasteiger partial charge is 0.371 e. The zero-order valence-corrected chi connectivity index (χ0v) is 13.0. The summed E-state index contributed by atoms with van der Waals surface area (Å²) in [4.78, 5) is 33.7. The van der Waals surface area contributed by atoms with Crippen LogP contribution in [0.1, 0.15) is 56.3 Å². The van der Waals surface area contributed by atoms with Gasteiger partial charge in [0.15, 0.2) is 0 Å². The molecule has 22 heavy (non-hydrogen) atoms. The molecule has 2 N–H and O–H groups in total. The topological polar surface area (TPSA) is 106 Å². The summed E-state index contributed by atoms with van der Waals surface area (Å²) in [6.45, 7) is 5.46. The minimum atomic E-state index is -1.16. The number of carboxylic acids is 1. The van der Waals surface area contributed by atoms with Crippen molar-refractivity contribution in [3.05, 3.63) is 23.7 Å². The molecule has 0 aliphatic rings. The molecule has 1 heterocycles. The lowest BCUT2D eigenvalue weighted by molar-refractivity contribution is -0.154. The van der Waals surface area contributed by atoms with Crippen LogP contribution in [0.3, 0.4) is 0 Å². The molecule has 0 aliphatic carbocycles. The Bertz CT molecular complexity index is 540. The monoisotopic (exact) mass is 311 g/mol. The summed E-state index contributed by atoms with van der Waals surface area (Å²) >= 11 is 0. The van der Waals surface area contributed by atoms with Gasteiger partial charge in [-0.05, 0) is 39.3 Å². The predicted molar refractivity (Wildman–Crippen MR) is 77.2 cm³/mol. The maximum atomic E-state index is 11.6. The molecule has 0 atom stereocenters. The van der Waals surface area contributed by atoms with Crippen molar-refractivity contribution in [2.24, 2.45) is 0 Å². The standard InChI is InChI=1S/C15H21NO6/c1-15(2,3)22-13(18)6-4-5-12(17)16-9-10-7-8-11(21-10)14(19)20/h7-8H,4-6,9H2,1-3H3,(H,16,17)(H,19,20). The number of amides is 1. The van der Waals surface area contributed by atoms with Crippen LogP contribution < -0.4 is 5.32 Å². The molecule has 122 valence electrons. The van der Waals surface area contributed by atoms with Crippen molar-refractivity contribution in [1.82, 2.24) is 5.32 Å². The van der Waals surface area contributed by atoms with E-state index in [1.165, 1.54) is 12.1 Å². The lowest BCUT2D eigenvalue weighted by atomic mass is 10.2. The van der Waals surface area contributed by atoms with Gasteiger partial charge in [-0.25, -0.2) is 4.79 Å². The van der Waals surface area contributed by atoms with E-state index in [1.54, 1.807) is 20.8 Å². The first-order valence-corrected chi connectivity index (χ1v) is 6.98. The number of carboxylic acid groups (broad SMARTS) is 1. The number of furan rings is 1. The van der Waals surface area contributed by atoms with E-state index in [2.05, 4.69) is 5.32 Å². The van der Waals surface area contributed by atoms with Crippen LogP contribution in [0.4, 0.5) is 0 Å². The second-order valence-corrected chi connectivity index (χ2v) is 5.79. The van der Waals surface area contributed by atoms with Gasteiger partial charge in [0.1, 0.15) is 11.4 Å². The molecule has 7 nitrogen and oxygen atoms in total. The molecule has 0 radical (unpaired) electrons. The summed E-state index contributed by atoms with van der Waals surface area (Å²) in [5.74, 6) is -1.55. The van der Waals surface area contributed by atoms with Gasteiger partial charge in [-0.15, -0.1) is 0 Å². The Morgan fingerprint density at radius 1 is 1.23 bits per heavy atom. The molecule has 0 saturated heterocycles. The van der Waals surface area contributed by atoms with Crippen molar-refractivity contribution in [3.8, 4) is 0 Å². The Labute approximate surface area is 128 Å². The summed E-state index contributed by atoms with van der Waals surface area (Å²) in [5, 5.41) is 11.3. The van der Waals surface area contributed by atoms with Gasteiger partial charge in [0, 0.05) is 12.8 Å². The number of nitrogens with one attached hydrogen (secondary N) is 1. The molecule has 0 bridgehead atoms. The van der Waals surface area contributed by atoms with E-state index in [9.17, 15) is 14.4 Å². The molecule has 1 aromatic heterocycles. The highest BCUT2D eigenvalue weighted by Gasteiger charge is 2.16. The van der Waals surface area contributed by atoms with Crippen LogP contribution in [0.25, 0.3) is 0 Å². The highest BCUT2D eigenvalue weighted by Crippen LogP contribution is 2.10. The molecule has 0 aromatic carbocycles. The third-order valence-electron chi connectivity index (χ3n) is 2.54. The lowest BCUT2D eigenvalue weighted by Crippen LogP contribution is -2.25. The zero-order valence-electron chi connectivity index (χ0n) is 13.0.